The van der Waals surface area contributed by atoms with Gasteiger partial charge in [0.15, 0.2) is 18.4 Å². The zero-order chi connectivity index (χ0) is 33.5. The number of halogens is 1. The topological polar surface area (TPSA) is 182 Å². The van der Waals surface area contributed by atoms with Gasteiger partial charge in [-0.1, -0.05) is 0 Å². The zero-order valence-electron chi connectivity index (χ0n) is 25.7. The SMILES string of the molecule is COCCCCOc1ccc2c(c1)OC1=NC(OCOCCOCCOc3cc4oc5nc(=O)[nH]c(=O)c-5cc4cc3F)NC(=O)C1=C2. The smallest absolute Gasteiger partial charge is 0.351 e. The molecule has 0 bridgehead atoms. The van der Waals surface area contributed by atoms with Gasteiger partial charge in [0, 0.05) is 36.8 Å². The molecular formula is C32H31FN4O11. The van der Waals surface area contributed by atoms with E-state index >= 15 is 0 Å². The summed E-state index contributed by atoms with van der Waals surface area (Å²) in [5.74, 6) is -0.0567. The standard InChI is InChI=1S/C32H31FN4O11/c1-41-6-2-3-7-44-20-5-4-18-12-21-28(39)35-32(37-30(21)47-24(18)15-20)46-17-43-9-8-42-10-11-45-26-16-25-19(14-23(26)33)13-22-27(38)34-31(40)36-29(22)48-25/h4-5,12-16,32H,2-3,6-11,17H2,1H3,(H,35,39)(H,34,38,40). The van der Waals surface area contributed by atoms with Gasteiger partial charge in [0.25, 0.3) is 11.5 Å². The second-order valence-corrected chi connectivity index (χ2v) is 10.5. The maximum absolute atomic E-state index is 14.6. The van der Waals surface area contributed by atoms with Gasteiger partial charge >= 0.3 is 5.69 Å². The Kier molecular flexibility index (Phi) is 10.4. The minimum Gasteiger partial charge on any atom is -0.493 e. The van der Waals surface area contributed by atoms with E-state index in [9.17, 15) is 18.8 Å². The fourth-order valence-electron chi connectivity index (χ4n) is 4.76. The Hall–Kier alpha value is -5.16. The van der Waals surface area contributed by atoms with E-state index in [1.54, 1.807) is 19.3 Å². The maximum Gasteiger partial charge on any atom is 0.351 e. The molecule has 6 rings (SSSR count). The molecule has 0 saturated heterocycles. The first-order valence-corrected chi connectivity index (χ1v) is 15.0. The first-order valence-electron chi connectivity index (χ1n) is 15.0. The second kappa shape index (κ2) is 15.2. The van der Waals surface area contributed by atoms with E-state index in [0.29, 0.717) is 30.1 Å². The number of aliphatic imine (C=N–C) groups is 1. The van der Waals surface area contributed by atoms with E-state index in [4.69, 9.17) is 37.6 Å². The third-order valence-corrected chi connectivity index (χ3v) is 7.10. The van der Waals surface area contributed by atoms with Gasteiger partial charge < -0.3 is 42.9 Å². The quantitative estimate of drug-likeness (QED) is 0.101. The van der Waals surface area contributed by atoms with Crippen molar-refractivity contribution in [3.8, 4) is 28.7 Å². The van der Waals surface area contributed by atoms with E-state index in [1.165, 1.54) is 12.1 Å². The molecule has 1 unspecified atom stereocenters. The van der Waals surface area contributed by atoms with E-state index < -0.39 is 29.3 Å². The van der Waals surface area contributed by atoms with Crippen molar-refractivity contribution >= 4 is 28.9 Å². The largest absolute Gasteiger partial charge is 0.493 e. The summed E-state index contributed by atoms with van der Waals surface area (Å²) in [7, 11) is 1.66. The van der Waals surface area contributed by atoms with Gasteiger partial charge in [-0.3, -0.25) is 14.6 Å². The third-order valence-electron chi connectivity index (χ3n) is 7.10. The maximum atomic E-state index is 14.6. The van der Waals surface area contributed by atoms with E-state index in [1.807, 2.05) is 17.1 Å². The number of nitrogens with one attached hydrogen (secondary N) is 2. The molecule has 0 spiro atoms. The molecule has 1 atom stereocenters. The number of amides is 1. The minimum atomic E-state index is -1.01. The van der Waals surface area contributed by atoms with Crippen molar-refractivity contribution in [1.29, 1.82) is 0 Å². The number of fused-ring (bicyclic) bond motifs is 4. The van der Waals surface area contributed by atoms with Crippen molar-refractivity contribution in [2.45, 2.75) is 19.2 Å². The number of benzene rings is 2. The Morgan fingerprint density at radius 1 is 0.938 bits per heavy atom. The summed E-state index contributed by atoms with van der Waals surface area (Å²) in [4.78, 5) is 46.1. The Balaban J connectivity index is 0.910. The Bertz CT molecular complexity index is 1940. The number of carbonyl (C=O) groups excluding carboxylic acids is 1. The van der Waals surface area contributed by atoms with Gasteiger partial charge in [-0.2, -0.15) is 9.98 Å². The molecule has 16 heteroatoms. The lowest BCUT2D eigenvalue weighted by molar-refractivity contribution is -0.132. The Labute approximate surface area is 271 Å². The van der Waals surface area contributed by atoms with Crippen LogP contribution in [-0.4, -0.2) is 81.7 Å². The molecule has 2 aromatic carbocycles. The van der Waals surface area contributed by atoms with Gasteiger partial charge in [0.1, 0.15) is 34.8 Å². The first kappa shape index (κ1) is 32.8. The van der Waals surface area contributed by atoms with Gasteiger partial charge in [0.05, 0.1) is 26.4 Å². The van der Waals surface area contributed by atoms with Crippen molar-refractivity contribution in [1.82, 2.24) is 15.3 Å². The summed E-state index contributed by atoms with van der Waals surface area (Å²) >= 11 is 0. The van der Waals surface area contributed by atoms with Crippen LogP contribution in [0.5, 0.6) is 17.2 Å². The van der Waals surface area contributed by atoms with Crippen molar-refractivity contribution in [2.75, 3.05) is 53.5 Å². The molecule has 48 heavy (non-hydrogen) atoms. The number of rotatable bonds is 16. The van der Waals surface area contributed by atoms with Gasteiger partial charge in [0.2, 0.25) is 18.1 Å². The normalized spacial score (nSPS) is 15.3. The number of hydrogen-bond donors (Lipinski definition) is 2. The van der Waals surface area contributed by atoms with Crippen molar-refractivity contribution in [3.63, 3.8) is 0 Å². The molecule has 15 nitrogen and oxygen atoms in total. The average molecular weight is 667 g/mol. The van der Waals surface area contributed by atoms with Crippen LogP contribution in [0.1, 0.15) is 18.4 Å². The average Bonchev–Trinajstić information content (AvgIpc) is 3.06. The van der Waals surface area contributed by atoms with Gasteiger partial charge in [-0.15, -0.1) is 0 Å². The molecule has 0 fully saturated rings. The molecule has 252 valence electrons. The molecule has 0 saturated carbocycles. The second-order valence-electron chi connectivity index (χ2n) is 10.5. The van der Waals surface area contributed by atoms with Crippen LogP contribution in [0.15, 0.2) is 61.0 Å². The zero-order valence-corrected chi connectivity index (χ0v) is 25.7. The summed E-state index contributed by atoms with van der Waals surface area (Å²) in [6, 6.07) is 9.22. The van der Waals surface area contributed by atoms with Crippen molar-refractivity contribution in [3.05, 3.63) is 74.2 Å². The first-order chi connectivity index (χ1) is 23.4. The highest BCUT2D eigenvalue weighted by atomic mass is 19.1. The molecule has 4 heterocycles. The highest BCUT2D eigenvalue weighted by molar-refractivity contribution is 6.24. The van der Waals surface area contributed by atoms with Crippen LogP contribution in [0.25, 0.3) is 28.5 Å². The van der Waals surface area contributed by atoms with E-state index in [0.717, 1.165) is 24.5 Å². The van der Waals surface area contributed by atoms with Crippen LogP contribution in [-0.2, 0) is 23.7 Å². The predicted octanol–water partition coefficient (Wildman–Crippen LogP) is 2.60. The molecule has 0 radical (unpaired) electrons. The predicted molar refractivity (Wildman–Crippen MR) is 167 cm³/mol. The third kappa shape index (κ3) is 7.86. The summed E-state index contributed by atoms with van der Waals surface area (Å²) in [6.45, 7) is 1.50. The number of hydrogen-bond acceptors (Lipinski definition) is 13. The van der Waals surface area contributed by atoms with Gasteiger partial charge in [-0.25, -0.2) is 9.18 Å². The molecule has 2 N–H and O–H groups in total. The molecule has 2 aromatic rings. The lowest BCUT2D eigenvalue weighted by Crippen LogP contribution is -2.45. The highest BCUT2D eigenvalue weighted by Crippen LogP contribution is 2.33. The number of methoxy groups -OCH3 is 1. The molecule has 4 aliphatic rings. The van der Waals surface area contributed by atoms with Gasteiger partial charge in [-0.05, 0) is 43.2 Å². The van der Waals surface area contributed by atoms with Crippen LogP contribution < -0.4 is 30.8 Å². The fourth-order valence-corrected chi connectivity index (χ4v) is 4.76. The summed E-state index contributed by atoms with van der Waals surface area (Å²) in [5, 5.41) is 2.93. The molecule has 4 aliphatic heterocycles. The monoisotopic (exact) mass is 666 g/mol. The van der Waals surface area contributed by atoms with Crippen LogP contribution in [0.4, 0.5) is 4.39 Å². The number of aromatic nitrogens is 2. The molecule has 0 aromatic heterocycles. The number of H-pyrrole nitrogens is 1. The number of carbonyl (C=O) groups is 1. The van der Waals surface area contributed by atoms with E-state index in [2.05, 4.69) is 15.3 Å². The lowest BCUT2D eigenvalue weighted by Gasteiger charge is -2.26. The minimum absolute atomic E-state index is 0.0156. The van der Waals surface area contributed by atoms with Crippen LogP contribution in [0, 0.1) is 5.82 Å². The number of nitrogens with zero attached hydrogens (tertiary/aromatic N) is 2. The highest BCUT2D eigenvalue weighted by Gasteiger charge is 2.31. The number of unbranched alkanes of at least 4 members (excludes halogenated alkanes) is 1. The van der Waals surface area contributed by atoms with Crippen LogP contribution in [0.3, 0.4) is 0 Å². The summed E-state index contributed by atoms with van der Waals surface area (Å²) in [5.41, 5.74) is -0.318. The molecule has 0 aliphatic carbocycles. The number of ether oxygens (including phenoxy) is 7. The van der Waals surface area contributed by atoms with Crippen LogP contribution in [0.2, 0.25) is 0 Å². The van der Waals surface area contributed by atoms with Crippen LogP contribution >= 0.6 is 0 Å². The van der Waals surface area contributed by atoms with E-state index in [-0.39, 0.29) is 67.5 Å². The molecule has 1 amide bonds. The summed E-state index contributed by atoms with van der Waals surface area (Å²) in [6.07, 6.45) is 2.43. The van der Waals surface area contributed by atoms with Crippen molar-refractivity contribution < 1.29 is 46.8 Å². The van der Waals surface area contributed by atoms with Crippen molar-refractivity contribution in [2.24, 2.45) is 4.99 Å². The Morgan fingerprint density at radius 3 is 2.65 bits per heavy atom. The fraction of sp³-hybridized carbons (Fsp3) is 0.344. The lowest BCUT2D eigenvalue weighted by atomic mass is 10.1. The Morgan fingerprint density at radius 2 is 1.77 bits per heavy atom. The number of aromatic amines is 1. The summed E-state index contributed by atoms with van der Waals surface area (Å²) < 4.78 is 58.7. The molecular weight excluding hydrogens is 635 g/mol.